The van der Waals surface area contributed by atoms with E-state index in [1.807, 2.05) is 12.4 Å². The Hall–Kier alpha value is -1.67. The van der Waals surface area contributed by atoms with Crippen molar-refractivity contribution in [2.24, 2.45) is 22.7 Å². The molecule has 27 heavy (non-hydrogen) atoms. The molecule has 1 N–H and O–H groups in total. The molecule has 2 fully saturated rings. The Morgan fingerprint density at radius 1 is 1.11 bits per heavy atom. The minimum absolute atomic E-state index is 0.172. The maximum atomic E-state index is 10.4. The summed E-state index contributed by atoms with van der Waals surface area (Å²) in [6.07, 6.45) is 15.5. The zero-order valence-corrected chi connectivity index (χ0v) is 16.8. The molecule has 0 spiro atoms. The molecule has 2 nitrogen and oxygen atoms in total. The lowest BCUT2D eigenvalue weighted by Gasteiger charge is -2.57. The summed E-state index contributed by atoms with van der Waals surface area (Å²) in [5, 5.41) is 10.4. The first-order chi connectivity index (χ1) is 12.9. The number of nitrogens with zero attached hydrogens (tertiary/aromatic N) is 1. The van der Waals surface area contributed by atoms with Gasteiger partial charge in [-0.3, -0.25) is 4.98 Å². The van der Waals surface area contributed by atoms with Crippen molar-refractivity contribution in [3.05, 3.63) is 59.0 Å². The number of pyridine rings is 1. The van der Waals surface area contributed by atoms with Crippen molar-refractivity contribution in [3.8, 4) is 0 Å². The second kappa shape index (κ2) is 5.91. The van der Waals surface area contributed by atoms with Crippen LogP contribution in [-0.2, 0) is 0 Å². The number of aliphatic hydroxyl groups is 1. The fourth-order valence-electron chi connectivity index (χ4n) is 7.07. The molecule has 0 aliphatic heterocycles. The summed E-state index contributed by atoms with van der Waals surface area (Å²) < 4.78 is 0. The molecular weight excluding hydrogens is 330 g/mol. The van der Waals surface area contributed by atoms with Gasteiger partial charge in [0.15, 0.2) is 0 Å². The van der Waals surface area contributed by atoms with Gasteiger partial charge in [0, 0.05) is 17.8 Å². The Labute approximate surface area is 163 Å². The van der Waals surface area contributed by atoms with Gasteiger partial charge in [-0.25, -0.2) is 0 Å². The minimum Gasteiger partial charge on any atom is -0.389 e. The molecule has 0 saturated heterocycles. The molecule has 0 radical (unpaired) electrons. The molecule has 2 saturated carbocycles. The first kappa shape index (κ1) is 17.4. The van der Waals surface area contributed by atoms with Crippen LogP contribution in [0.1, 0.15) is 64.9 Å². The van der Waals surface area contributed by atoms with Crippen LogP contribution >= 0.6 is 0 Å². The second-order valence-corrected chi connectivity index (χ2v) is 9.70. The van der Waals surface area contributed by atoms with Gasteiger partial charge in [0.1, 0.15) is 0 Å². The molecule has 5 atom stereocenters. The van der Waals surface area contributed by atoms with Gasteiger partial charge in [0.2, 0.25) is 0 Å². The fourth-order valence-corrected chi connectivity index (χ4v) is 7.07. The lowest BCUT2D eigenvalue weighted by atomic mass is 9.47. The van der Waals surface area contributed by atoms with E-state index in [0.717, 1.165) is 25.2 Å². The van der Waals surface area contributed by atoms with E-state index >= 15 is 0 Å². The maximum Gasteiger partial charge on any atom is 0.0750 e. The fraction of sp³-hybridized carbons (Fsp3) is 0.560. The highest BCUT2D eigenvalue weighted by Crippen LogP contribution is 2.65. The number of aliphatic hydroxyl groups excluding tert-OH is 1. The quantitative estimate of drug-likeness (QED) is 0.650. The molecule has 0 bridgehead atoms. The van der Waals surface area contributed by atoms with E-state index < -0.39 is 0 Å². The summed E-state index contributed by atoms with van der Waals surface area (Å²) in [6.45, 7) is 7.15. The van der Waals surface area contributed by atoms with Gasteiger partial charge in [-0.2, -0.15) is 0 Å². The monoisotopic (exact) mass is 361 g/mol. The summed E-state index contributed by atoms with van der Waals surface area (Å²) in [4.78, 5) is 4.37. The van der Waals surface area contributed by atoms with Gasteiger partial charge in [-0.05, 0) is 85.5 Å². The van der Waals surface area contributed by atoms with Crippen LogP contribution in [0.15, 0.2) is 53.4 Å². The highest BCUT2D eigenvalue weighted by Gasteiger charge is 2.55. The van der Waals surface area contributed by atoms with Crippen LogP contribution in [0, 0.1) is 22.7 Å². The highest BCUT2D eigenvalue weighted by atomic mass is 16.3. The molecule has 5 unspecified atom stereocenters. The van der Waals surface area contributed by atoms with Gasteiger partial charge < -0.3 is 5.11 Å². The molecule has 1 aromatic heterocycles. The number of allylic oxidation sites excluding steroid dienone is 5. The number of rotatable bonds is 1. The van der Waals surface area contributed by atoms with E-state index in [2.05, 4.69) is 50.0 Å². The molecule has 0 amide bonds. The smallest absolute Gasteiger partial charge is 0.0750 e. The summed E-state index contributed by atoms with van der Waals surface area (Å²) in [5.41, 5.74) is 7.74. The van der Waals surface area contributed by atoms with Crippen LogP contribution < -0.4 is 0 Å². The normalized spacial score (nSPS) is 40.7. The SMILES string of the molecule is CC1=C2CCC3C4=CC=C(c5cccnc5)C4(C)CCC3C2(C)CCC1O. The third-order valence-corrected chi connectivity index (χ3v) is 8.60. The Bertz CT molecular complexity index is 864. The predicted octanol–water partition coefficient (Wildman–Crippen LogP) is 5.71. The first-order valence-electron chi connectivity index (χ1n) is 10.7. The van der Waals surface area contributed by atoms with Gasteiger partial charge >= 0.3 is 0 Å². The minimum atomic E-state index is -0.206. The van der Waals surface area contributed by atoms with Crippen LogP contribution in [0.3, 0.4) is 0 Å². The summed E-state index contributed by atoms with van der Waals surface area (Å²) in [6, 6.07) is 4.26. The third kappa shape index (κ3) is 2.32. The first-order valence-corrected chi connectivity index (χ1v) is 10.7. The molecule has 1 heterocycles. The third-order valence-electron chi connectivity index (χ3n) is 8.60. The number of hydrogen-bond donors (Lipinski definition) is 1. The zero-order chi connectivity index (χ0) is 18.8. The predicted molar refractivity (Wildman–Crippen MR) is 110 cm³/mol. The van der Waals surface area contributed by atoms with E-state index in [-0.39, 0.29) is 16.9 Å². The van der Waals surface area contributed by atoms with Crippen molar-refractivity contribution in [1.29, 1.82) is 0 Å². The van der Waals surface area contributed by atoms with Crippen molar-refractivity contribution in [2.75, 3.05) is 0 Å². The van der Waals surface area contributed by atoms with E-state index in [1.165, 1.54) is 36.0 Å². The molecule has 0 aromatic carbocycles. The van der Waals surface area contributed by atoms with Crippen LogP contribution in [0.4, 0.5) is 0 Å². The second-order valence-electron chi connectivity index (χ2n) is 9.70. The van der Waals surface area contributed by atoms with Crippen molar-refractivity contribution in [2.45, 2.75) is 65.4 Å². The van der Waals surface area contributed by atoms with Crippen LogP contribution in [0.2, 0.25) is 0 Å². The van der Waals surface area contributed by atoms with Crippen molar-refractivity contribution in [1.82, 2.24) is 4.98 Å². The van der Waals surface area contributed by atoms with Crippen molar-refractivity contribution < 1.29 is 5.11 Å². The summed E-state index contributed by atoms with van der Waals surface area (Å²) in [7, 11) is 0. The number of fused-ring (bicyclic) bond motifs is 5. The maximum absolute atomic E-state index is 10.4. The molecule has 1 aromatic rings. The van der Waals surface area contributed by atoms with Gasteiger partial charge in [-0.1, -0.05) is 43.2 Å². The van der Waals surface area contributed by atoms with Crippen molar-refractivity contribution in [3.63, 3.8) is 0 Å². The van der Waals surface area contributed by atoms with Crippen LogP contribution in [-0.4, -0.2) is 16.2 Å². The summed E-state index contributed by atoms with van der Waals surface area (Å²) >= 11 is 0. The summed E-state index contributed by atoms with van der Waals surface area (Å²) in [5.74, 6) is 1.41. The largest absolute Gasteiger partial charge is 0.389 e. The molecule has 4 aliphatic carbocycles. The topological polar surface area (TPSA) is 33.1 Å². The van der Waals surface area contributed by atoms with Crippen molar-refractivity contribution >= 4 is 5.57 Å². The molecule has 5 rings (SSSR count). The number of hydrogen-bond acceptors (Lipinski definition) is 2. The average molecular weight is 362 g/mol. The Morgan fingerprint density at radius 3 is 2.74 bits per heavy atom. The van der Waals surface area contributed by atoms with E-state index in [9.17, 15) is 5.11 Å². The van der Waals surface area contributed by atoms with Crippen LogP contribution in [0.5, 0.6) is 0 Å². The Morgan fingerprint density at radius 2 is 1.96 bits per heavy atom. The Balaban J connectivity index is 1.50. The zero-order valence-electron chi connectivity index (χ0n) is 16.8. The Kier molecular flexibility index (Phi) is 3.82. The molecule has 142 valence electrons. The standard InChI is InChI=1S/C25H31NO/c1-16-19-7-6-18-21-9-8-20(17-5-4-14-26-15-17)25(21,3)12-10-22(18)24(19,2)13-11-23(16)27/h4-5,8-9,14-15,18,22-23,27H,6-7,10-13H2,1-3H3. The van der Waals surface area contributed by atoms with E-state index in [4.69, 9.17) is 0 Å². The van der Waals surface area contributed by atoms with Gasteiger partial charge in [0.05, 0.1) is 6.10 Å². The molecular formula is C25H31NO. The number of aromatic nitrogens is 1. The molecule has 4 aliphatic rings. The molecule has 2 heteroatoms. The lowest BCUT2D eigenvalue weighted by molar-refractivity contribution is 0.0429. The lowest BCUT2D eigenvalue weighted by Crippen LogP contribution is -2.48. The van der Waals surface area contributed by atoms with Gasteiger partial charge in [0.25, 0.3) is 0 Å². The van der Waals surface area contributed by atoms with Crippen LogP contribution in [0.25, 0.3) is 5.57 Å². The van der Waals surface area contributed by atoms with Gasteiger partial charge in [-0.15, -0.1) is 0 Å². The average Bonchev–Trinajstić information content (AvgIpc) is 3.03. The van der Waals surface area contributed by atoms with E-state index in [1.54, 1.807) is 11.1 Å². The highest BCUT2D eigenvalue weighted by molar-refractivity contribution is 5.78. The van der Waals surface area contributed by atoms with E-state index in [0.29, 0.717) is 5.92 Å².